The van der Waals surface area contributed by atoms with Crippen LogP contribution in [0.3, 0.4) is 0 Å². The molecule has 5 nitrogen and oxygen atoms in total. The lowest BCUT2D eigenvalue weighted by molar-refractivity contribution is 0.326. The monoisotopic (exact) mass is 394 g/mol. The summed E-state index contributed by atoms with van der Waals surface area (Å²) in [5, 5.41) is 1.15. The summed E-state index contributed by atoms with van der Waals surface area (Å²) < 4.78 is 12.8. The molecule has 2 heterocycles. The summed E-state index contributed by atoms with van der Waals surface area (Å²) in [6, 6.07) is 10.9. The molecular formula is C22H19ClN2O3. The van der Waals surface area contributed by atoms with Crippen LogP contribution in [0.15, 0.2) is 53.8 Å². The summed E-state index contributed by atoms with van der Waals surface area (Å²) in [4.78, 5) is 17.5. The third kappa shape index (κ3) is 3.29. The maximum absolute atomic E-state index is 12.8. The van der Waals surface area contributed by atoms with E-state index < -0.39 is 0 Å². The van der Waals surface area contributed by atoms with Crippen LogP contribution in [0.1, 0.15) is 17.8 Å². The first-order chi connectivity index (χ1) is 13.6. The molecule has 28 heavy (non-hydrogen) atoms. The standard InChI is InChI=1S/C22H19ClN2O3/c1-3-10-28-19-7-4-14(12-20(19)27-2)11-15-8-9-25-21(15)24-18-13-16(23)5-6-17(18)22(25)26/h3-7,11-13H,1,8-10H2,2H3/b15-11-. The second-order valence-corrected chi connectivity index (χ2v) is 6.92. The summed E-state index contributed by atoms with van der Waals surface area (Å²) in [7, 11) is 1.61. The third-order valence-corrected chi connectivity index (χ3v) is 4.93. The van der Waals surface area contributed by atoms with Crippen molar-refractivity contribution in [2.75, 3.05) is 13.7 Å². The van der Waals surface area contributed by atoms with E-state index in [2.05, 4.69) is 6.58 Å². The molecule has 1 aromatic heterocycles. The fraction of sp³-hybridized carbons (Fsp3) is 0.182. The van der Waals surface area contributed by atoms with Crippen molar-refractivity contribution in [1.82, 2.24) is 9.55 Å². The lowest BCUT2D eigenvalue weighted by Gasteiger charge is -2.10. The van der Waals surface area contributed by atoms with Gasteiger partial charge in [0.25, 0.3) is 5.56 Å². The normalized spacial score (nSPS) is 14.3. The van der Waals surface area contributed by atoms with Crippen molar-refractivity contribution in [2.24, 2.45) is 0 Å². The number of hydrogen-bond acceptors (Lipinski definition) is 4. The smallest absolute Gasteiger partial charge is 0.261 e. The molecule has 0 unspecified atom stereocenters. The number of aromatic nitrogens is 2. The third-order valence-electron chi connectivity index (χ3n) is 4.69. The van der Waals surface area contributed by atoms with Gasteiger partial charge in [-0.2, -0.15) is 0 Å². The zero-order chi connectivity index (χ0) is 19.7. The first-order valence-electron chi connectivity index (χ1n) is 8.93. The number of benzene rings is 2. The molecule has 0 amide bonds. The Kier molecular flexibility index (Phi) is 4.92. The van der Waals surface area contributed by atoms with Gasteiger partial charge in [-0.05, 0) is 54.0 Å². The van der Waals surface area contributed by atoms with Crippen molar-refractivity contribution < 1.29 is 9.47 Å². The van der Waals surface area contributed by atoms with Crippen molar-refractivity contribution in [2.45, 2.75) is 13.0 Å². The fourth-order valence-electron chi connectivity index (χ4n) is 3.37. The number of ether oxygens (including phenoxy) is 2. The van der Waals surface area contributed by atoms with E-state index in [0.29, 0.717) is 46.4 Å². The molecule has 0 saturated carbocycles. The van der Waals surface area contributed by atoms with E-state index in [4.69, 9.17) is 26.1 Å². The van der Waals surface area contributed by atoms with Crippen LogP contribution in [0.25, 0.3) is 22.6 Å². The van der Waals surface area contributed by atoms with Crippen LogP contribution in [0.2, 0.25) is 5.02 Å². The predicted octanol–water partition coefficient (Wildman–Crippen LogP) is 4.57. The van der Waals surface area contributed by atoms with E-state index in [0.717, 1.165) is 17.6 Å². The van der Waals surface area contributed by atoms with E-state index in [1.54, 1.807) is 36.0 Å². The Hall–Kier alpha value is -3.05. The predicted molar refractivity (Wildman–Crippen MR) is 112 cm³/mol. The minimum Gasteiger partial charge on any atom is -0.493 e. The Morgan fingerprint density at radius 2 is 2.11 bits per heavy atom. The van der Waals surface area contributed by atoms with Crippen molar-refractivity contribution in [1.29, 1.82) is 0 Å². The highest BCUT2D eigenvalue weighted by Crippen LogP contribution is 2.32. The molecule has 0 atom stereocenters. The minimum absolute atomic E-state index is 0.0363. The topological polar surface area (TPSA) is 53.4 Å². The molecule has 0 radical (unpaired) electrons. The quantitative estimate of drug-likeness (QED) is 0.595. The van der Waals surface area contributed by atoms with Gasteiger partial charge in [-0.1, -0.05) is 30.3 Å². The van der Waals surface area contributed by atoms with Gasteiger partial charge in [0, 0.05) is 11.6 Å². The lowest BCUT2D eigenvalue weighted by atomic mass is 10.1. The molecule has 4 rings (SSSR count). The highest BCUT2D eigenvalue weighted by atomic mass is 35.5. The maximum atomic E-state index is 12.8. The van der Waals surface area contributed by atoms with Gasteiger partial charge >= 0.3 is 0 Å². The average molecular weight is 395 g/mol. The Balaban J connectivity index is 1.76. The molecule has 0 aliphatic carbocycles. The largest absolute Gasteiger partial charge is 0.493 e. The summed E-state index contributed by atoms with van der Waals surface area (Å²) in [6.45, 7) is 4.68. The maximum Gasteiger partial charge on any atom is 0.261 e. The van der Waals surface area contributed by atoms with Crippen LogP contribution in [-0.2, 0) is 6.54 Å². The molecule has 0 bridgehead atoms. The van der Waals surface area contributed by atoms with Gasteiger partial charge in [0.05, 0.1) is 18.0 Å². The molecule has 6 heteroatoms. The zero-order valence-electron chi connectivity index (χ0n) is 15.4. The summed E-state index contributed by atoms with van der Waals surface area (Å²) in [5.74, 6) is 1.99. The first kappa shape index (κ1) is 18.3. The number of allylic oxidation sites excluding steroid dienone is 1. The van der Waals surface area contributed by atoms with E-state index in [-0.39, 0.29) is 5.56 Å². The number of rotatable bonds is 5. The summed E-state index contributed by atoms with van der Waals surface area (Å²) in [6.07, 6.45) is 4.45. The van der Waals surface area contributed by atoms with Gasteiger partial charge < -0.3 is 9.47 Å². The number of methoxy groups -OCH3 is 1. The van der Waals surface area contributed by atoms with Gasteiger partial charge in [0.15, 0.2) is 11.5 Å². The van der Waals surface area contributed by atoms with Crippen molar-refractivity contribution in [3.05, 3.63) is 75.8 Å². The van der Waals surface area contributed by atoms with E-state index in [1.807, 2.05) is 24.3 Å². The number of halogens is 1. The molecule has 1 aliphatic heterocycles. The van der Waals surface area contributed by atoms with E-state index >= 15 is 0 Å². The van der Waals surface area contributed by atoms with E-state index in [1.165, 1.54) is 0 Å². The molecule has 0 N–H and O–H groups in total. The average Bonchev–Trinajstić information content (AvgIpc) is 3.09. The van der Waals surface area contributed by atoms with Crippen LogP contribution in [-0.4, -0.2) is 23.3 Å². The molecule has 0 saturated heterocycles. The van der Waals surface area contributed by atoms with Crippen molar-refractivity contribution >= 4 is 34.2 Å². The summed E-state index contributed by atoms with van der Waals surface area (Å²) in [5.41, 5.74) is 2.53. The van der Waals surface area contributed by atoms with Gasteiger partial charge in [-0.25, -0.2) is 4.98 Å². The van der Waals surface area contributed by atoms with Crippen LogP contribution < -0.4 is 15.0 Å². The van der Waals surface area contributed by atoms with Gasteiger partial charge in [-0.15, -0.1) is 0 Å². The molecule has 0 fully saturated rings. The lowest BCUT2D eigenvalue weighted by Crippen LogP contribution is -2.20. The Morgan fingerprint density at radius 1 is 1.25 bits per heavy atom. The molecule has 1 aliphatic rings. The number of hydrogen-bond donors (Lipinski definition) is 0. The highest BCUT2D eigenvalue weighted by Gasteiger charge is 2.21. The van der Waals surface area contributed by atoms with E-state index in [9.17, 15) is 4.79 Å². The van der Waals surface area contributed by atoms with Crippen molar-refractivity contribution in [3.8, 4) is 11.5 Å². The van der Waals surface area contributed by atoms with Gasteiger partial charge in [0.1, 0.15) is 12.4 Å². The second-order valence-electron chi connectivity index (χ2n) is 6.48. The molecule has 0 spiro atoms. The zero-order valence-corrected chi connectivity index (χ0v) is 16.2. The highest BCUT2D eigenvalue weighted by molar-refractivity contribution is 6.31. The number of nitrogens with zero attached hydrogens (tertiary/aromatic N) is 2. The first-order valence-corrected chi connectivity index (χ1v) is 9.31. The number of fused-ring (bicyclic) bond motifs is 2. The van der Waals surface area contributed by atoms with Crippen LogP contribution >= 0.6 is 11.6 Å². The SMILES string of the molecule is C=CCOc1ccc(/C=C2/CCn3c2nc2cc(Cl)ccc2c3=O)cc1OC. The molecule has 2 aromatic carbocycles. The fourth-order valence-corrected chi connectivity index (χ4v) is 3.54. The Morgan fingerprint density at radius 3 is 2.89 bits per heavy atom. The van der Waals surface area contributed by atoms with Crippen LogP contribution in [0.5, 0.6) is 11.5 Å². The Bertz CT molecular complexity index is 1160. The van der Waals surface area contributed by atoms with Crippen LogP contribution in [0.4, 0.5) is 0 Å². The van der Waals surface area contributed by atoms with Crippen LogP contribution in [0, 0.1) is 0 Å². The van der Waals surface area contributed by atoms with Crippen molar-refractivity contribution in [3.63, 3.8) is 0 Å². The second kappa shape index (κ2) is 7.52. The summed E-state index contributed by atoms with van der Waals surface area (Å²) >= 11 is 6.08. The Labute approximate surface area is 167 Å². The van der Waals surface area contributed by atoms with Gasteiger partial charge in [-0.3, -0.25) is 9.36 Å². The molecular weight excluding hydrogens is 376 g/mol. The molecule has 3 aromatic rings. The van der Waals surface area contributed by atoms with Gasteiger partial charge in [0.2, 0.25) is 0 Å². The minimum atomic E-state index is -0.0363. The molecule has 142 valence electrons.